The number of aromatic nitrogens is 2. The van der Waals surface area contributed by atoms with Gasteiger partial charge in [0.2, 0.25) is 0 Å². The average molecular weight is 550 g/mol. The van der Waals surface area contributed by atoms with E-state index in [1.807, 2.05) is 44.2 Å². The molecule has 8 nitrogen and oxygen atoms in total. The number of carbonyl (C=O) groups excluding carboxylic acids is 1. The Labute approximate surface area is 250 Å². The number of aliphatic hydroxyl groups excluding tert-OH is 2. The van der Waals surface area contributed by atoms with E-state index in [1.165, 1.54) is 12.1 Å². The predicted molar refractivity (Wildman–Crippen MR) is 149 cm³/mol. The summed E-state index contributed by atoms with van der Waals surface area (Å²) in [5.74, 6) is -1.84. The van der Waals surface area contributed by atoms with Gasteiger partial charge in [-0.1, -0.05) is 44.2 Å². The Kier molecular flexibility index (Phi) is 12.8. The number of hydrogen-bond acceptors (Lipinski definition) is 5. The number of carboxylic acid groups (broad SMARTS) is 1. The van der Waals surface area contributed by atoms with Gasteiger partial charge in [0.1, 0.15) is 5.82 Å². The van der Waals surface area contributed by atoms with Crippen LogP contribution in [0.1, 0.15) is 66.3 Å². The summed E-state index contributed by atoms with van der Waals surface area (Å²) in [6.07, 6.45) is -1.41. The van der Waals surface area contributed by atoms with Crippen LogP contribution >= 0.6 is 0 Å². The Morgan fingerprint density at radius 2 is 1.64 bits per heavy atom. The molecule has 0 aliphatic rings. The van der Waals surface area contributed by atoms with E-state index in [0.29, 0.717) is 36.5 Å². The van der Waals surface area contributed by atoms with E-state index in [4.69, 9.17) is 5.11 Å². The second-order valence-corrected chi connectivity index (χ2v) is 9.89. The van der Waals surface area contributed by atoms with Gasteiger partial charge >= 0.3 is 35.5 Å². The molecule has 0 aliphatic carbocycles. The van der Waals surface area contributed by atoms with Crippen LogP contribution in [-0.2, 0) is 17.6 Å². The number of carboxylic acids is 1. The molecule has 3 aromatic rings. The summed E-state index contributed by atoms with van der Waals surface area (Å²) in [5.41, 5.74) is 3.44. The third kappa shape index (κ3) is 9.25. The molecular formula is C29H37FN3NaO5. The van der Waals surface area contributed by atoms with Crippen LogP contribution < -0.4 is 0 Å². The number of hydrogen-bond donors (Lipinski definition) is 3. The van der Waals surface area contributed by atoms with Crippen molar-refractivity contribution < 1.29 is 29.3 Å². The standard InChI is InChI=1S/C29H36FN3O5.Na.H/c1-19(2)27-25(14-13-23(34)17-24(35)18-26(36)37)33(22-11-9-21(30)10-12-22)31-28(27)29(38)32(3)16-15-20-7-5-4-6-8-20;;/h4-12,19,23-24,34-35H,13-18H2,1-3H3,(H,36,37);;. The first-order valence-electron chi connectivity index (χ1n) is 12.8. The zero-order chi connectivity index (χ0) is 27.8. The average Bonchev–Trinajstić information content (AvgIpc) is 3.26. The molecular weight excluding hydrogens is 512 g/mol. The molecule has 10 heteroatoms. The first-order valence-corrected chi connectivity index (χ1v) is 12.8. The van der Waals surface area contributed by atoms with E-state index in [0.717, 1.165) is 11.1 Å². The molecule has 0 aliphatic heterocycles. The summed E-state index contributed by atoms with van der Waals surface area (Å²) in [4.78, 5) is 26.1. The number of rotatable bonds is 13. The molecule has 2 aromatic carbocycles. The fourth-order valence-electron chi connectivity index (χ4n) is 4.51. The van der Waals surface area contributed by atoms with Crippen LogP contribution in [0.3, 0.4) is 0 Å². The first kappa shape index (κ1) is 32.7. The van der Waals surface area contributed by atoms with Gasteiger partial charge in [0.15, 0.2) is 5.69 Å². The van der Waals surface area contributed by atoms with E-state index in [2.05, 4.69) is 5.10 Å². The number of nitrogens with zero attached hydrogens (tertiary/aromatic N) is 3. The van der Waals surface area contributed by atoms with Crippen LogP contribution in [0.15, 0.2) is 54.6 Å². The molecule has 39 heavy (non-hydrogen) atoms. The predicted octanol–water partition coefficient (Wildman–Crippen LogP) is 3.32. The van der Waals surface area contributed by atoms with Crippen molar-refractivity contribution >= 4 is 41.4 Å². The zero-order valence-corrected chi connectivity index (χ0v) is 22.0. The van der Waals surface area contributed by atoms with Gasteiger partial charge in [-0.25, -0.2) is 9.07 Å². The van der Waals surface area contributed by atoms with Crippen molar-refractivity contribution in [2.45, 2.75) is 64.1 Å². The molecule has 3 N–H and O–H groups in total. The van der Waals surface area contributed by atoms with Crippen molar-refractivity contribution in [1.29, 1.82) is 0 Å². The van der Waals surface area contributed by atoms with E-state index < -0.39 is 30.4 Å². The van der Waals surface area contributed by atoms with Crippen LogP contribution in [0.25, 0.3) is 5.69 Å². The number of benzene rings is 2. The molecule has 2 atom stereocenters. The molecule has 0 saturated carbocycles. The van der Waals surface area contributed by atoms with Gasteiger partial charge in [-0.3, -0.25) is 9.59 Å². The van der Waals surface area contributed by atoms with E-state index >= 15 is 0 Å². The molecule has 0 spiro atoms. The molecule has 1 heterocycles. The molecule has 206 valence electrons. The van der Waals surface area contributed by atoms with Gasteiger partial charge in [-0.15, -0.1) is 0 Å². The van der Waals surface area contributed by atoms with Crippen LogP contribution in [-0.4, -0.2) is 97.2 Å². The second-order valence-electron chi connectivity index (χ2n) is 9.89. The summed E-state index contributed by atoms with van der Waals surface area (Å²) >= 11 is 0. The van der Waals surface area contributed by atoms with E-state index in [9.17, 15) is 24.2 Å². The molecule has 0 fully saturated rings. The fraction of sp³-hybridized carbons (Fsp3) is 0.414. The summed E-state index contributed by atoms with van der Waals surface area (Å²) in [6, 6.07) is 15.7. The molecule has 0 saturated heterocycles. The summed E-state index contributed by atoms with van der Waals surface area (Å²) < 4.78 is 15.3. The maximum atomic E-state index is 13.7. The van der Waals surface area contributed by atoms with Gasteiger partial charge in [0.05, 0.1) is 24.3 Å². The van der Waals surface area contributed by atoms with Crippen LogP contribution in [0.4, 0.5) is 4.39 Å². The van der Waals surface area contributed by atoms with Crippen molar-refractivity contribution in [2.75, 3.05) is 13.6 Å². The Morgan fingerprint density at radius 3 is 2.23 bits per heavy atom. The Bertz CT molecular complexity index is 1220. The molecule has 1 aromatic heterocycles. The molecule has 1 amide bonds. The minimum atomic E-state index is -1.16. The van der Waals surface area contributed by atoms with Crippen molar-refractivity contribution in [3.63, 3.8) is 0 Å². The van der Waals surface area contributed by atoms with Gasteiger partial charge in [0.25, 0.3) is 5.91 Å². The summed E-state index contributed by atoms with van der Waals surface area (Å²) in [7, 11) is 1.74. The molecule has 0 radical (unpaired) electrons. The maximum absolute atomic E-state index is 13.7. The van der Waals surface area contributed by atoms with Gasteiger partial charge in [-0.05, 0) is 61.4 Å². The van der Waals surface area contributed by atoms with Crippen LogP contribution in [0.5, 0.6) is 0 Å². The van der Waals surface area contributed by atoms with Gasteiger partial charge < -0.3 is 20.2 Å². The quantitative estimate of drug-likeness (QED) is 0.282. The van der Waals surface area contributed by atoms with E-state index in [1.54, 1.807) is 28.8 Å². The van der Waals surface area contributed by atoms with E-state index in [-0.39, 0.29) is 54.2 Å². The Morgan fingerprint density at radius 1 is 1.00 bits per heavy atom. The first-order chi connectivity index (χ1) is 18.1. The van der Waals surface area contributed by atoms with Crippen LogP contribution in [0, 0.1) is 5.82 Å². The van der Waals surface area contributed by atoms with Crippen molar-refractivity contribution in [3.8, 4) is 5.69 Å². The zero-order valence-electron chi connectivity index (χ0n) is 22.0. The topological polar surface area (TPSA) is 116 Å². The van der Waals surface area contributed by atoms with Crippen LogP contribution in [0.2, 0.25) is 0 Å². The second kappa shape index (κ2) is 15.3. The Balaban J connectivity index is 0.00000533. The number of aliphatic carboxylic acids is 1. The number of halogens is 1. The minimum absolute atomic E-state index is 0. The summed E-state index contributed by atoms with van der Waals surface area (Å²) in [6.45, 7) is 4.42. The van der Waals surface area contributed by atoms with Gasteiger partial charge in [-0.2, -0.15) is 5.10 Å². The van der Waals surface area contributed by atoms with Gasteiger partial charge in [0, 0.05) is 24.8 Å². The number of carbonyl (C=O) groups is 2. The summed E-state index contributed by atoms with van der Waals surface area (Å²) in [5, 5.41) is 34.0. The molecule has 3 rings (SSSR count). The third-order valence-corrected chi connectivity index (χ3v) is 6.47. The SMILES string of the molecule is CC(C)c1c(C(=O)N(C)CCc2ccccc2)nn(-c2ccc(F)cc2)c1CCC(O)CC(O)CC(=O)O.[NaH]. The number of amides is 1. The fourth-order valence-corrected chi connectivity index (χ4v) is 4.51. The van der Waals surface area contributed by atoms with Crippen molar-refractivity contribution in [2.24, 2.45) is 0 Å². The number of aliphatic hydroxyl groups is 2. The number of likely N-dealkylation sites (N-methyl/N-ethyl adjacent to an activating group) is 1. The van der Waals surface area contributed by atoms with Crippen molar-refractivity contribution in [1.82, 2.24) is 14.7 Å². The Hall–Kier alpha value is -2.56. The molecule has 2 unspecified atom stereocenters. The third-order valence-electron chi connectivity index (χ3n) is 6.47. The molecule has 0 bridgehead atoms. The van der Waals surface area contributed by atoms with Crippen molar-refractivity contribution in [3.05, 3.63) is 82.9 Å². The monoisotopic (exact) mass is 549 g/mol. The normalized spacial score (nSPS) is 12.6.